The molecule has 1 heterocycles. The summed E-state index contributed by atoms with van der Waals surface area (Å²) in [4.78, 5) is 22.2. The number of nitrogens with zero attached hydrogens (tertiary/aromatic N) is 3. The van der Waals surface area contributed by atoms with Crippen LogP contribution in [-0.2, 0) is 5.54 Å². The van der Waals surface area contributed by atoms with Crippen molar-refractivity contribution in [1.29, 1.82) is 0 Å². The van der Waals surface area contributed by atoms with Crippen LogP contribution in [0.5, 0.6) is 11.5 Å². The summed E-state index contributed by atoms with van der Waals surface area (Å²) in [7, 11) is 0. The number of nitro benzene ring substituents is 1. The first kappa shape index (κ1) is 16.0. The lowest BCUT2D eigenvalue weighted by Gasteiger charge is -2.21. The number of aromatic nitrogens is 2. The number of ether oxygens (including phenoxy) is 1. The van der Waals surface area contributed by atoms with Crippen molar-refractivity contribution in [1.82, 2.24) is 9.78 Å². The van der Waals surface area contributed by atoms with E-state index in [2.05, 4.69) is 5.10 Å². The van der Waals surface area contributed by atoms with Gasteiger partial charge in [-0.2, -0.15) is 5.10 Å². The van der Waals surface area contributed by atoms with Gasteiger partial charge in [0.15, 0.2) is 10.8 Å². The number of nitro groups is 1. The van der Waals surface area contributed by atoms with Crippen LogP contribution in [0.2, 0.25) is 5.02 Å². The summed E-state index contributed by atoms with van der Waals surface area (Å²) >= 11 is 6.03. The van der Waals surface area contributed by atoms with Gasteiger partial charge in [-0.05, 0) is 32.9 Å². The highest BCUT2D eigenvalue weighted by molar-refractivity contribution is 6.31. The molecule has 0 atom stereocenters. The Hall–Kier alpha value is -2.41. The highest BCUT2D eigenvalue weighted by Gasteiger charge is 2.20. The van der Waals surface area contributed by atoms with Crippen LogP contribution in [0.1, 0.15) is 20.8 Å². The molecule has 7 nitrogen and oxygen atoms in total. The van der Waals surface area contributed by atoms with E-state index in [1.54, 1.807) is 0 Å². The van der Waals surface area contributed by atoms with Crippen molar-refractivity contribution < 1.29 is 9.66 Å². The van der Waals surface area contributed by atoms with E-state index in [-0.39, 0.29) is 16.5 Å². The zero-order chi connectivity index (χ0) is 16.5. The fourth-order valence-electron chi connectivity index (χ4n) is 1.73. The predicted octanol–water partition coefficient (Wildman–Crippen LogP) is 3.35. The molecule has 0 aliphatic heterocycles. The number of rotatable bonds is 3. The van der Waals surface area contributed by atoms with Gasteiger partial charge in [-0.1, -0.05) is 11.6 Å². The van der Waals surface area contributed by atoms with Crippen LogP contribution < -0.4 is 10.3 Å². The first-order valence-electron chi connectivity index (χ1n) is 6.41. The van der Waals surface area contributed by atoms with Crippen LogP contribution in [0.4, 0.5) is 5.69 Å². The average Bonchev–Trinajstić information content (AvgIpc) is 2.43. The van der Waals surface area contributed by atoms with Gasteiger partial charge in [0.05, 0.1) is 16.7 Å². The van der Waals surface area contributed by atoms with Crippen molar-refractivity contribution in [3.05, 3.63) is 56.0 Å². The van der Waals surface area contributed by atoms with Gasteiger partial charge in [-0.15, -0.1) is 0 Å². The largest absolute Gasteiger partial charge is 0.454 e. The van der Waals surface area contributed by atoms with Gasteiger partial charge < -0.3 is 4.74 Å². The molecule has 0 unspecified atom stereocenters. The maximum atomic E-state index is 12.2. The standard InChI is InChI=1S/C14H14ClN3O4/c1-14(2,3)17-13(19)12(15)11(8-16-17)22-10-6-4-9(5-7-10)18(20)21/h4-8H,1-3H3. The fraction of sp³-hybridized carbons (Fsp3) is 0.286. The van der Waals surface area contributed by atoms with Crippen molar-refractivity contribution in [2.75, 3.05) is 0 Å². The van der Waals surface area contributed by atoms with Gasteiger partial charge in [0, 0.05) is 12.1 Å². The molecule has 0 aliphatic carbocycles. The molecule has 0 spiro atoms. The van der Waals surface area contributed by atoms with Crippen molar-refractivity contribution in [3.63, 3.8) is 0 Å². The number of non-ortho nitro benzene ring substituents is 1. The number of hydrogen-bond acceptors (Lipinski definition) is 5. The maximum Gasteiger partial charge on any atom is 0.289 e. The molecule has 8 heteroatoms. The van der Waals surface area contributed by atoms with E-state index in [1.807, 2.05) is 20.8 Å². The summed E-state index contributed by atoms with van der Waals surface area (Å²) in [5.41, 5.74) is -1.03. The molecule has 2 rings (SSSR count). The van der Waals surface area contributed by atoms with Crippen LogP contribution in [0.15, 0.2) is 35.3 Å². The normalized spacial score (nSPS) is 11.3. The molecule has 2 aromatic rings. The predicted molar refractivity (Wildman–Crippen MR) is 81.7 cm³/mol. The van der Waals surface area contributed by atoms with Crippen molar-refractivity contribution in [2.24, 2.45) is 0 Å². The number of benzene rings is 1. The third kappa shape index (κ3) is 3.25. The molecule has 22 heavy (non-hydrogen) atoms. The third-order valence-corrected chi connectivity index (χ3v) is 3.15. The zero-order valence-electron chi connectivity index (χ0n) is 12.2. The number of hydrogen-bond donors (Lipinski definition) is 0. The minimum atomic E-state index is -0.511. The Morgan fingerprint density at radius 3 is 2.36 bits per heavy atom. The van der Waals surface area contributed by atoms with Crippen LogP contribution in [0, 0.1) is 10.1 Å². The van der Waals surface area contributed by atoms with E-state index in [1.165, 1.54) is 35.1 Å². The molecule has 0 saturated carbocycles. The van der Waals surface area contributed by atoms with Crippen molar-refractivity contribution >= 4 is 17.3 Å². The van der Waals surface area contributed by atoms with Crippen molar-refractivity contribution in [2.45, 2.75) is 26.3 Å². The SMILES string of the molecule is CC(C)(C)n1ncc(Oc2ccc([N+](=O)[O-])cc2)c(Cl)c1=O. The first-order valence-corrected chi connectivity index (χ1v) is 6.78. The molecular formula is C14H14ClN3O4. The lowest BCUT2D eigenvalue weighted by molar-refractivity contribution is -0.384. The van der Waals surface area contributed by atoms with E-state index in [4.69, 9.17) is 16.3 Å². The Bertz CT molecular complexity index is 763. The lowest BCUT2D eigenvalue weighted by Crippen LogP contribution is -2.36. The Labute approximate surface area is 131 Å². The summed E-state index contributed by atoms with van der Waals surface area (Å²) in [5, 5.41) is 14.5. The second kappa shape index (κ2) is 5.76. The maximum absolute atomic E-state index is 12.2. The monoisotopic (exact) mass is 323 g/mol. The Balaban J connectivity index is 2.33. The van der Waals surface area contributed by atoms with E-state index >= 15 is 0 Å². The van der Waals surface area contributed by atoms with Crippen LogP contribution in [-0.4, -0.2) is 14.7 Å². The molecule has 0 aliphatic rings. The van der Waals surface area contributed by atoms with Crippen molar-refractivity contribution in [3.8, 4) is 11.5 Å². The molecule has 0 bridgehead atoms. The quantitative estimate of drug-likeness (QED) is 0.638. The van der Waals surface area contributed by atoms with Gasteiger partial charge in [0.2, 0.25) is 0 Å². The first-order chi connectivity index (χ1) is 10.2. The molecule has 0 radical (unpaired) electrons. The average molecular weight is 324 g/mol. The Morgan fingerprint density at radius 2 is 1.86 bits per heavy atom. The summed E-state index contributed by atoms with van der Waals surface area (Å²) < 4.78 is 6.72. The van der Waals surface area contributed by atoms with Crippen LogP contribution >= 0.6 is 11.6 Å². The van der Waals surface area contributed by atoms with Gasteiger partial charge in [0.25, 0.3) is 11.2 Å². The topological polar surface area (TPSA) is 87.3 Å². The Kier molecular flexibility index (Phi) is 4.18. The summed E-state index contributed by atoms with van der Waals surface area (Å²) in [6.07, 6.45) is 1.34. The van der Waals surface area contributed by atoms with Crippen LogP contribution in [0.25, 0.3) is 0 Å². The molecule has 1 aromatic heterocycles. The number of halogens is 1. The highest BCUT2D eigenvalue weighted by atomic mass is 35.5. The molecular weight excluding hydrogens is 310 g/mol. The summed E-state index contributed by atoms with van der Waals surface area (Å²) in [5.74, 6) is 0.420. The van der Waals surface area contributed by atoms with Gasteiger partial charge in [0.1, 0.15) is 5.75 Å². The minimum Gasteiger partial charge on any atom is -0.454 e. The summed E-state index contributed by atoms with van der Waals surface area (Å²) in [6.45, 7) is 5.48. The van der Waals surface area contributed by atoms with Gasteiger partial charge in [-0.3, -0.25) is 14.9 Å². The van der Waals surface area contributed by atoms with Crippen LogP contribution in [0.3, 0.4) is 0 Å². The second-order valence-electron chi connectivity index (χ2n) is 5.56. The fourth-order valence-corrected chi connectivity index (χ4v) is 1.90. The lowest BCUT2D eigenvalue weighted by atomic mass is 10.1. The molecule has 0 saturated heterocycles. The smallest absolute Gasteiger partial charge is 0.289 e. The zero-order valence-corrected chi connectivity index (χ0v) is 13.0. The second-order valence-corrected chi connectivity index (χ2v) is 5.94. The molecule has 0 N–H and O–H groups in total. The molecule has 116 valence electrons. The van der Waals surface area contributed by atoms with E-state index < -0.39 is 16.0 Å². The minimum absolute atomic E-state index is 0.0558. The molecule has 0 amide bonds. The van der Waals surface area contributed by atoms with E-state index in [0.717, 1.165) is 0 Å². The van der Waals surface area contributed by atoms with Gasteiger partial charge >= 0.3 is 0 Å². The molecule has 0 fully saturated rings. The summed E-state index contributed by atoms with van der Waals surface area (Å²) in [6, 6.07) is 5.44. The van der Waals surface area contributed by atoms with E-state index in [9.17, 15) is 14.9 Å². The third-order valence-electron chi connectivity index (χ3n) is 2.80. The van der Waals surface area contributed by atoms with E-state index in [0.29, 0.717) is 5.75 Å². The van der Waals surface area contributed by atoms with Gasteiger partial charge in [-0.25, -0.2) is 4.68 Å². The molecule has 1 aromatic carbocycles. The highest BCUT2D eigenvalue weighted by Crippen LogP contribution is 2.27. The Morgan fingerprint density at radius 1 is 1.27 bits per heavy atom.